The molecule has 0 saturated heterocycles. The summed E-state index contributed by atoms with van der Waals surface area (Å²) in [5.41, 5.74) is 2.80. The van der Waals surface area contributed by atoms with Crippen molar-refractivity contribution in [3.05, 3.63) is 71.8 Å². The molecule has 0 aliphatic rings. The van der Waals surface area contributed by atoms with Gasteiger partial charge in [0.2, 0.25) is 0 Å². The lowest BCUT2D eigenvalue weighted by atomic mass is 10.2. The molecule has 90 valence electrons. The molecule has 17 heavy (non-hydrogen) atoms. The summed E-state index contributed by atoms with van der Waals surface area (Å²) in [6.07, 6.45) is 0. The topological polar surface area (TPSA) is 0 Å². The summed E-state index contributed by atoms with van der Waals surface area (Å²) in [5, 5.41) is 0. The van der Waals surface area contributed by atoms with E-state index in [1.165, 1.54) is 11.1 Å². The van der Waals surface area contributed by atoms with Gasteiger partial charge in [0.05, 0.1) is 0 Å². The summed E-state index contributed by atoms with van der Waals surface area (Å²) < 4.78 is 0. The summed E-state index contributed by atoms with van der Waals surface area (Å²) in [5.74, 6) is 2.19. The Morgan fingerprint density at radius 1 is 0.647 bits per heavy atom. The first kappa shape index (κ1) is 13.9. The highest BCUT2D eigenvalue weighted by Crippen LogP contribution is 2.17. The van der Waals surface area contributed by atoms with Crippen molar-refractivity contribution in [1.82, 2.24) is 0 Å². The number of rotatable bonds is 4. The van der Waals surface area contributed by atoms with Gasteiger partial charge in [0, 0.05) is 11.5 Å². The van der Waals surface area contributed by atoms with Crippen molar-refractivity contribution in [1.29, 1.82) is 0 Å². The number of hydrogen-bond acceptors (Lipinski definition) is 1. The molecule has 0 aliphatic heterocycles. The van der Waals surface area contributed by atoms with Gasteiger partial charge in [-0.25, -0.2) is 0 Å². The van der Waals surface area contributed by atoms with Gasteiger partial charge in [-0.3, -0.25) is 0 Å². The zero-order valence-electron chi connectivity index (χ0n) is 10.6. The van der Waals surface area contributed by atoms with E-state index in [1.807, 2.05) is 25.6 Å². The molecule has 0 spiro atoms. The fourth-order valence-electron chi connectivity index (χ4n) is 1.44. The van der Waals surface area contributed by atoms with Crippen LogP contribution in [0, 0.1) is 0 Å². The van der Waals surface area contributed by atoms with E-state index in [4.69, 9.17) is 0 Å². The molecule has 0 aromatic heterocycles. The molecule has 0 radical (unpaired) electrons. The highest BCUT2D eigenvalue weighted by molar-refractivity contribution is 7.97. The Hall–Kier alpha value is -1.21. The molecule has 0 saturated carbocycles. The van der Waals surface area contributed by atoms with Gasteiger partial charge in [0.15, 0.2) is 0 Å². The van der Waals surface area contributed by atoms with Crippen LogP contribution < -0.4 is 0 Å². The van der Waals surface area contributed by atoms with Crippen LogP contribution in [0.5, 0.6) is 0 Å². The van der Waals surface area contributed by atoms with E-state index in [1.54, 1.807) is 0 Å². The molecule has 2 aromatic rings. The third-order valence-corrected chi connectivity index (χ3v) is 3.30. The fourth-order valence-corrected chi connectivity index (χ4v) is 2.39. The van der Waals surface area contributed by atoms with Crippen molar-refractivity contribution in [2.75, 3.05) is 0 Å². The van der Waals surface area contributed by atoms with Crippen molar-refractivity contribution in [3.8, 4) is 0 Å². The molecule has 0 nitrogen and oxygen atoms in total. The van der Waals surface area contributed by atoms with Crippen LogP contribution in [-0.4, -0.2) is 0 Å². The van der Waals surface area contributed by atoms with Crippen LogP contribution in [0.2, 0.25) is 0 Å². The van der Waals surface area contributed by atoms with Gasteiger partial charge in [-0.1, -0.05) is 74.5 Å². The lowest BCUT2D eigenvalue weighted by Crippen LogP contribution is -1.82. The lowest BCUT2D eigenvalue weighted by Gasteiger charge is -2.01. The average Bonchev–Trinajstić information content (AvgIpc) is 2.43. The maximum absolute atomic E-state index is 2.18. The number of hydrogen-bond donors (Lipinski definition) is 0. The third kappa shape index (κ3) is 5.60. The largest absolute Gasteiger partial charge is 0.152 e. The van der Waals surface area contributed by atoms with E-state index >= 15 is 0 Å². The van der Waals surface area contributed by atoms with Gasteiger partial charge in [0.25, 0.3) is 0 Å². The summed E-state index contributed by atoms with van der Waals surface area (Å²) in [7, 11) is 0. The minimum atomic E-state index is 1.09. The fraction of sp³-hybridized carbons (Fsp3) is 0.250. The van der Waals surface area contributed by atoms with E-state index in [-0.39, 0.29) is 0 Å². The van der Waals surface area contributed by atoms with Crippen molar-refractivity contribution in [2.24, 2.45) is 0 Å². The van der Waals surface area contributed by atoms with Crippen LogP contribution in [0.4, 0.5) is 0 Å². The first-order valence-electron chi connectivity index (χ1n) is 6.11. The van der Waals surface area contributed by atoms with Gasteiger partial charge in [-0.2, -0.15) is 11.8 Å². The van der Waals surface area contributed by atoms with Crippen LogP contribution in [-0.2, 0) is 11.5 Å². The maximum Gasteiger partial charge on any atom is 0.0187 e. The molecule has 2 aromatic carbocycles. The molecule has 0 fully saturated rings. The summed E-state index contributed by atoms with van der Waals surface area (Å²) in [6.45, 7) is 4.00. The molecule has 0 heterocycles. The summed E-state index contributed by atoms with van der Waals surface area (Å²) in [4.78, 5) is 0. The molecular formula is C16H20S. The molecule has 0 aliphatic carbocycles. The molecule has 0 atom stereocenters. The quantitative estimate of drug-likeness (QED) is 0.717. The van der Waals surface area contributed by atoms with Crippen molar-refractivity contribution >= 4 is 11.8 Å². The van der Waals surface area contributed by atoms with Crippen LogP contribution in [0.25, 0.3) is 0 Å². The highest BCUT2D eigenvalue weighted by Gasteiger charge is 1.93. The predicted octanol–water partition coefficient (Wildman–Crippen LogP) is 5.15. The normalized spacial score (nSPS) is 9.29. The zero-order valence-corrected chi connectivity index (χ0v) is 11.4. The van der Waals surface area contributed by atoms with Crippen molar-refractivity contribution in [2.45, 2.75) is 25.4 Å². The summed E-state index contributed by atoms with van der Waals surface area (Å²) in [6, 6.07) is 21.2. The Morgan fingerprint density at radius 3 is 1.35 bits per heavy atom. The first-order chi connectivity index (χ1) is 8.45. The minimum Gasteiger partial charge on any atom is -0.152 e. The monoisotopic (exact) mass is 244 g/mol. The first-order valence-corrected chi connectivity index (χ1v) is 7.26. The van der Waals surface area contributed by atoms with E-state index in [2.05, 4.69) is 60.7 Å². The Labute approximate surface area is 109 Å². The van der Waals surface area contributed by atoms with Crippen LogP contribution in [0.3, 0.4) is 0 Å². The van der Waals surface area contributed by atoms with E-state index in [9.17, 15) is 0 Å². The summed E-state index contributed by atoms with van der Waals surface area (Å²) >= 11 is 1.96. The number of thioether (sulfide) groups is 1. The molecule has 1 heteroatoms. The predicted molar refractivity (Wildman–Crippen MR) is 79.2 cm³/mol. The van der Waals surface area contributed by atoms with Crippen LogP contribution in [0.15, 0.2) is 60.7 Å². The van der Waals surface area contributed by atoms with Crippen LogP contribution >= 0.6 is 11.8 Å². The molecule has 0 unspecified atom stereocenters. The Morgan fingerprint density at radius 2 is 1.00 bits per heavy atom. The maximum atomic E-state index is 2.18. The Kier molecular flexibility index (Phi) is 7.24. The van der Waals surface area contributed by atoms with Crippen molar-refractivity contribution < 1.29 is 0 Å². The molecule has 2 rings (SSSR count). The van der Waals surface area contributed by atoms with Crippen LogP contribution in [0.1, 0.15) is 25.0 Å². The second-order valence-electron chi connectivity index (χ2n) is 3.46. The Bertz CT molecular complexity index is 341. The van der Waals surface area contributed by atoms with E-state index in [0.29, 0.717) is 0 Å². The zero-order chi connectivity index (χ0) is 12.3. The molecular weight excluding hydrogens is 224 g/mol. The van der Waals surface area contributed by atoms with E-state index < -0.39 is 0 Å². The van der Waals surface area contributed by atoms with Gasteiger partial charge in [0.1, 0.15) is 0 Å². The van der Waals surface area contributed by atoms with Gasteiger partial charge < -0.3 is 0 Å². The smallest absolute Gasteiger partial charge is 0.0187 e. The highest BCUT2D eigenvalue weighted by atomic mass is 32.2. The molecule has 0 amide bonds. The second kappa shape index (κ2) is 8.89. The average molecular weight is 244 g/mol. The second-order valence-corrected chi connectivity index (χ2v) is 4.45. The van der Waals surface area contributed by atoms with E-state index in [0.717, 1.165) is 11.5 Å². The minimum absolute atomic E-state index is 1.09. The van der Waals surface area contributed by atoms with Gasteiger partial charge >= 0.3 is 0 Å². The third-order valence-electron chi connectivity index (χ3n) is 2.22. The van der Waals surface area contributed by atoms with Gasteiger partial charge in [-0.15, -0.1) is 0 Å². The number of benzene rings is 2. The SMILES string of the molecule is CC.c1ccc(CSCc2ccccc2)cc1. The van der Waals surface area contributed by atoms with Crippen molar-refractivity contribution in [3.63, 3.8) is 0 Å². The Balaban J connectivity index is 0.000000686. The standard InChI is InChI=1S/C14H14S.C2H6/c1-3-7-13(8-4-1)11-15-12-14-9-5-2-6-10-14;1-2/h1-10H,11-12H2;1-2H3. The van der Waals surface area contributed by atoms with Gasteiger partial charge in [-0.05, 0) is 11.1 Å². The molecule has 0 N–H and O–H groups in total. The lowest BCUT2D eigenvalue weighted by molar-refractivity contribution is 1.36. The molecule has 0 bridgehead atoms.